The van der Waals surface area contributed by atoms with E-state index < -0.39 is 24.5 Å². The Morgan fingerprint density at radius 2 is 1.86 bits per heavy atom. The number of hydrogen-bond acceptors (Lipinski definition) is 8. The first-order valence-corrected chi connectivity index (χ1v) is 9.40. The number of carbonyl (C=O) groups is 4. The molecular weight excluding hydrogens is 454 g/mol. The topological polar surface area (TPSA) is 108 Å². The monoisotopic (exact) mass is 469 g/mol. The number of benzene rings is 1. The van der Waals surface area contributed by atoms with Gasteiger partial charge in [0.25, 0.3) is 5.91 Å². The smallest absolute Gasteiger partial charge is 0.348 e. The Balaban J connectivity index is 2.20. The van der Waals surface area contributed by atoms with Crippen molar-refractivity contribution in [2.24, 2.45) is 0 Å². The zero-order valence-corrected chi connectivity index (χ0v) is 17.6. The summed E-state index contributed by atoms with van der Waals surface area (Å²) in [4.78, 5) is 47.5. The molecule has 2 rings (SSSR count). The van der Waals surface area contributed by atoms with Gasteiger partial charge in [0.15, 0.2) is 12.9 Å². The van der Waals surface area contributed by atoms with Crippen LogP contribution in [0.3, 0.4) is 0 Å². The molecule has 1 aromatic carbocycles. The highest BCUT2D eigenvalue weighted by Gasteiger charge is 2.26. The lowest BCUT2D eigenvalue weighted by Gasteiger charge is -2.09. The molecule has 10 heteroatoms. The predicted molar refractivity (Wildman–Crippen MR) is 105 cm³/mol. The van der Waals surface area contributed by atoms with Gasteiger partial charge in [0, 0.05) is 4.47 Å². The minimum Gasteiger partial charge on any atom is -0.483 e. The number of thiophene rings is 1. The molecule has 0 saturated carbocycles. The maximum Gasteiger partial charge on any atom is 0.348 e. The van der Waals surface area contributed by atoms with E-state index in [4.69, 9.17) is 9.47 Å². The van der Waals surface area contributed by atoms with E-state index >= 15 is 0 Å². The zero-order valence-electron chi connectivity index (χ0n) is 15.2. The van der Waals surface area contributed by atoms with Crippen LogP contribution in [0.15, 0.2) is 22.7 Å². The van der Waals surface area contributed by atoms with Gasteiger partial charge >= 0.3 is 11.9 Å². The van der Waals surface area contributed by atoms with Crippen LogP contribution < -0.4 is 10.1 Å². The molecule has 1 heterocycles. The first kappa shape index (κ1) is 21.6. The second kappa shape index (κ2) is 9.47. The number of aldehydes is 1. The van der Waals surface area contributed by atoms with Crippen molar-refractivity contribution in [3.63, 3.8) is 0 Å². The summed E-state index contributed by atoms with van der Waals surface area (Å²) in [7, 11) is 2.41. The average Bonchev–Trinajstić information content (AvgIpc) is 3.01. The van der Waals surface area contributed by atoms with E-state index in [0.717, 1.165) is 11.3 Å². The van der Waals surface area contributed by atoms with Gasteiger partial charge in [0.05, 0.1) is 25.3 Å². The fraction of sp³-hybridized carbons (Fsp3) is 0.222. The minimum atomic E-state index is -0.698. The minimum absolute atomic E-state index is 0.0680. The summed E-state index contributed by atoms with van der Waals surface area (Å²) in [6.45, 7) is 1.15. The fourth-order valence-electron chi connectivity index (χ4n) is 2.29. The molecule has 2 aromatic rings. The normalized spacial score (nSPS) is 10.1. The number of methoxy groups -OCH3 is 2. The summed E-state index contributed by atoms with van der Waals surface area (Å²) in [5.41, 5.74) is 0.687. The van der Waals surface area contributed by atoms with E-state index in [1.54, 1.807) is 25.1 Å². The summed E-state index contributed by atoms with van der Waals surface area (Å²) < 4.78 is 15.5. The van der Waals surface area contributed by atoms with Crippen molar-refractivity contribution in [3.05, 3.63) is 44.2 Å². The van der Waals surface area contributed by atoms with Gasteiger partial charge in [-0.2, -0.15) is 0 Å². The van der Waals surface area contributed by atoms with Crippen molar-refractivity contribution < 1.29 is 33.4 Å². The first-order valence-electron chi connectivity index (χ1n) is 7.79. The number of hydrogen-bond donors (Lipinski definition) is 1. The molecule has 0 radical (unpaired) electrons. The third kappa shape index (κ3) is 4.76. The van der Waals surface area contributed by atoms with Gasteiger partial charge in [-0.3, -0.25) is 9.59 Å². The molecule has 0 spiro atoms. The summed E-state index contributed by atoms with van der Waals surface area (Å²) in [5.74, 6) is -1.67. The molecule has 0 saturated heterocycles. The number of esters is 2. The van der Waals surface area contributed by atoms with Crippen LogP contribution in [0.1, 0.15) is 36.0 Å². The Hall–Kier alpha value is -2.72. The van der Waals surface area contributed by atoms with Crippen LogP contribution in [0.5, 0.6) is 5.75 Å². The van der Waals surface area contributed by atoms with Crippen LogP contribution in [0.25, 0.3) is 0 Å². The van der Waals surface area contributed by atoms with Gasteiger partial charge in [-0.1, -0.05) is 15.9 Å². The first-order chi connectivity index (χ1) is 13.3. The zero-order chi connectivity index (χ0) is 20.8. The number of carbonyl (C=O) groups excluding carboxylic acids is 4. The summed E-state index contributed by atoms with van der Waals surface area (Å²) >= 11 is 4.14. The Labute approximate surface area is 172 Å². The van der Waals surface area contributed by atoms with Gasteiger partial charge in [-0.15, -0.1) is 11.3 Å². The van der Waals surface area contributed by atoms with E-state index in [9.17, 15) is 19.2 Å². The second-order valence-electron chi connectivity index (χ2n) is 5.38. The van der Waals surface area contributed by atoms with Crippen LogP contribution in [0.4, 0.5) is 5.00 Å². The van der Waals surface area contributed by atoms with Crippen molar-refractivity contribution in [3.8, 4) is 5.75 Å². The molecule has 148 valence electrons. The number of rotatable bonds is 7. The third-order valence-electron chi connectivity index (χ3n) is 3.62. The van der Waals surface area contributed by atoms with Crippen molar-refractivity contribution in [2.75, 3.05) is 26.1 Å². The number of ether oxygens (including phenoxy) is 3. The van der Waals surface area contributed by atoms with E-state index in [0.29, 0.717) is 16.3 Å². The largest absolute Gasteiger partial charge is 0.483 e. The van der Waals surface area contributed by atoms with Gasteiger partial charge in [-0.05, 0) is 30.7 Å². The molecule has 0 aliphatic rings. The molecule has 28 heavy (non-hydrogen) atoms. The molecule has 1 N–H and O–H groups in total. The number of halogens is 1. The molecule has 1 amide bonds. The third-order valence-corrected chi connectivity index (χ3v) is 5.30. The van der Waals surface area contributed by atoms with Crippen molar-refractivity contribution >= 4 is 56.4 Å². The SMILES string of the molecule is COC(=O)c1sc(NC(=O)COc2ccc(Br)cc2C=O)c(C(=O)OC)c1C. The summed E-state index contributed by atoms with van der Waals surface area (Å²) in [6.07, 6.45) is 0.610. The molecule has 0 aliphatic heterocycles. The molecule has 8 nitrogen and oxygen atoms in total. The van der Waals surface area contributed by atoms with Gasteiger partial charge in [-0.25, -0.2) is 9.59 Å². The van der Waals surface area contributed by atoms with Crippen LogP contribution in [0.2, 0.25) is 0 Å². The van der Waals surface area contributed by atoms with Crippen LogP contribution in [0, 0.1) is 6.92 Å². The lowest BCUT2D eigenvalue weighted by molar-refractivity contribution is -0.118. The van der Waals surface area contributed by atoms with Crippen LogP contribution in [-0.2, 0) is 14.3 Å². The van der Waals surface area contributed by atoms with Gasteiger partial charge in [0.2, 0.25) is 0 Å². The number of anilines is 1. The van der Waals surface area contributed by atoms with Crippen LogP contribution in [-0.4, -0.2) is 45.0 Å². The second-order valence-corrected chi connectivity index (χ2v) is 7.32. The molecular formula is C18H16BrNO7S. The van der Waals surface area contributed by atoms with Crippen molar-refractivity contribution in [1.29, 1.82) is 0 Å². The predicted octanol–water partition coefficient (Wildman–Crippen LogP) is 3.22. The number of nitrogens with one attached hydrogen (secondary N) is 1. The lowest BCUT2D eigenvalue weighted by Crippen LogP contribution is -2.21. The maximum absolute atomic E-state index is 12.3. The summed E-state index contributed by atoms with van der Waals surface area (Å²) in [5, 5.41) is 2.68. The molecule has 1 aromatic heterocycles. The Morgan fingerprint density at radius 1 is 1.18 bits per heavy atom. The molecule has 0 unspecified atom stereocenters. The summed E-state index contributed by atoms with van der Waals surface area (Å²) in [6, 6.07) is 4.77. The molecule has 0 atom stereocenters. The average molecular weight is 470 g/mol. The maximum atomic E-state index is 12.3. The Kier molecular flexibility index (Phi) is 7.30. The molecule has 0 fully saturated rings. The quantitative estimate of drug-likeness (QED) is 0.489. The molecule has 0 aliphatic carbocycles. The highest BCUT2D eigenvalue weighted by Crippen LogP contribution is 2.34. The Morgan fingerprint density at radius 3 is 2.46 bits per heavy atom. The van der Waals surface area contributed by atoms with E-state index in [1.807, 2.05) is 0 Å². The Bertz CT molecular complexity index is 938. The highest BCUT2D eigenvalue weighted by atomic mass is 79.9. The van der Waals surface area contributed by atoms with Crippen molar-refractivity contribution in [2.45, 2.75) is 6.92 Å². The van der Waals surface area contributed by atoms with Gasteiger partial charge < -0.3 is 19.5 Å². The standard InChI is InChI=1S/C18H16BrNO7S/c1-9-14(17(23)25-2)16(28-15(9)18(24)26-3)20-13(22)8-27-12-5-4-11(19)6-10(12)7-21/h4-7H,8H2,1-3H3,(H,20,22). The van der Waals surface area contributed by atoms with Crippen molar-refractivity contribution in [1.82, 2.24) is 0 Å². The lowest BCUT2D eigenvalue weighted by atomic mass is 10.1. The molecule has 0 bridgehead atoms. The highest BCUT2D eigenvalue weighted by molar-refractivity contribution is 9.10. The van der Waals surface area contributed by atoms with E-state index in [2.05, 4.69) is 26.0 Å². The van der Waals surface area contributed by atoms with Crippen LogP contribution >= 0.6 is 27.3 Å². The van der Waals surface area contributed by atoms with Gasteiger partial charge in [0.1, 0.15) is 15.6 Å². The fourth-order valence-corrected chi connectivity index (χ4v) is 3.79. The van der Waals surface area contributed by atoms with E-state index in [1.165, 1.54) is 14.2 Å². The number of amides is 1. The van der Waals surface area contributed by atoms with E-state index in [-0.39, 0.29) is 26.8 Å².